The van der Waals surface area contributed by atoms with E-state index >= 15 is 0 Å². The molecule has 0 aliphatic rings. The number of ether oxygens (including phenoxy) is 1. The number of H-pyrrole nitrogens is 1. The smallest absolute Gasteiger partial charge is 0.435 e. The molecule has 0 spiro atoms. The third-order valence-electron chi connectivity index (χ3n) is 4.71. The third kappa shape index (κ3) is 3.96. The lowest BCUT2D eigenvalue weighted by molar-refractivity contribution is -0.141. The normalized spacial score (nSPS) is 11.8. The number of alkyl halides is 3. The van der Waals surface area contributed by atoms with Gasteiger partial charge in [-0.15, -0.1) is 0 Å². The fraction of sp³-hybridized carbons (Fsp3) is 0.143. The summed E-state index contributed by atoms with van der Waals surface area (Å²) >= 11 is 6.14. The van der Waals surface area contributed by atoms with Gasteiger partial charge in [0, 0.05) is 16.6 Å². The molecule has 4 rings (SSSR count). The van der Waals surface area contributed by atoms with Crippen LogP contribution >= 0.6 is 11.6 Å². The average molecular weight is 450 g/mol. The van der Waals surface area contributed by atoms with Gasteiger partial charge in [-0.05, 0) is 43.3 Å². The minimum Gasteiger partial charge on any atom is -0.487 e. The van der Waals surface area contributed by atoms with Gasteiger partial charge in [0.1, 0.15) is 12.4 Å². The van der Waals surface area contributed by atoms with Crippen LogP contribution < -0.4 is 4.74 Å². The number of benzene rings is 2. The van der Waals surface area contributed by atoms with Gasteiger partial charge in [-0.1, -0.05) is 23.7 Å². The fourth-order valence-corrected chi connectivity index (χ4v) is 3.54. The van der Waals surface area contributed by atoms with Gasteiger partial charge >= 0.3 is 12.1 Å². The Kier molecular flexibility index (Phi) is 5.14. The molecule has 0 radical (unpaired) electrons. The lowest BCUT2D eigenvalue weighted by Crippen LogP contribution is -2.08. The van der Waals surface area contributed by atoms with E-state index in [1.54, 1.807) is 43.3 Å². The van der Waals surface area contributed by atoms with Crippen LogP contribution in [0.5, 0.6) is 5.75 Å². The van der Waals surface area contributed by atoms with E-state index in [1.165, 1.54) is 6.07 Å². The summed E-state index contributed by atoms with van der Waals surface area (Å²) in [4.78, 5) is 14.5. The SMILES string of the molecule is Cc1[nH]c2ccc(OCc3cc(C(F)(F)F)nn3-c3ccccc3Cl)cc2c1C(=O)O. The number of nitrogens with one attached hydrogen (secondary N) is 1. The summed E-state index contributed by atoms with van der Waals surface area (Å²) in [6.07, 6.45) is -4.64. The Hall–Kier alpha value is -3.46. The van der Waals surface area contributed by atoms with Crippen LogP contribution in [-0.2, 0) is 12.8 Å². The van der Waals surface area contributed by atoms with Crippen molar-refractivity contribution in [1.82, 2.24) is 14.8 Å². The van der Waals surface area contributed by atoms with E-state index in [9.17, 15) is 23.1 Å². The van der Waals surface area contributed by atoms with Crippen LogP contribution in [-0.4, -0.2) is 25.8 Å². The Morgan fingerprint density at radius 2 is 1.97 bits per heavy atom. The molecule has 0 amide bonds. The molecule has 6 nitrogen and oxygen atoms in total. The maximum Gasteiger partial charge on any atom is 0.435 e. The summed E-state index contributed by atoms with van der Waals surface area (Å²) in [6.45, 7) is 1.40. The lowest BCUT2D eigenvalue weighted by atomic mass is 10.1. The molecular weight excluding hydrogens is 435 g/mol. The molecule has 0 atom stereocenters. The molecule has 2 aromatic heterocycles. The molecule has 10 heteroatoms. The van der Waals surface area contributed by atoms with Crippen molar-refractivity contribution in [2.45, 2.75) is 19.7 Å². The van der Waals surface area contributed by atoms with Crippen molar-refractivity contribution in [2.24, 2.45) is 0 Å². The first-order chi connectivity index (χ1) is 14.6. The van der Waals surface area contributed by atoms with E-state index in [0.717, 1.165) is 10.7 Å². The van der Waals surface area contributed by atoms with Crippen LogP contribution in [0.15, 0.2) is 48.5 Å². The topological polar surface area (TPSA) is 80.1 Å². The van der Waals surface area contributed by atoms with Crippen molar-refractivity contribution in [3.63, 3.8) is 0 Å². The molecule has 31 heavy (non-hydrogen) atoms. The van der Waals surface area contributed by atoms with Gasteiger partial charge in [-0.2, -0.15) is 18.3 Å². The van der Waals surface area contributed by atoms with Crippen LogP contribution in [0.25, 0.3) is 16.6 Å². The molecule has 0 aliphatic heterocycles. The number of rotatable bonds is 5. The number of aryl methyl sites for hydroxylation is 1. The second-order valence-corrected chi connectivity index (χ2v) is 7.22. The molecule has 4 aromatic rings. The zero-order valence-corrected chi connectivity index (χ0v) is 16.8. The molecular formula is C21H15ClF3N3O3. The highest BCUT2D eigenvalue weighted by atomic mass is 35.5. The maximum atomic E-state index is 13.2. The van der Waals surface area contributed by atoms with Crippen LogP contribution in [0.4, 0.5) is 13.2 Å². The molecule has 0 bridgehead atoms. The van der Waals surface area contributed by atoms with Crippen molar-refractivity contribution in [2.75, 3.05) is 0 Å². The van der Waals surface area contributed by atoms with E-state index in [0.29, 0.717) is 22.3 Å². The number of aromatic amines is 1. The summed E-state index contributed by atoms with van der Waals surface area (Å²) in [5.41, 5.74) is 0.554. The molecule has 0 unspecified atom stereocenters. The number of aromatic carboxylic acids is 1. The van der Waals surface area contributed by atoms with E-state index in [1.807, 2.05) is 0 Å². The van der Waals surface area contributed by atoms with E-state index < -0.39 is 17.8 Å². The van der Waals surface area contributed by atoms with Crippen molar-refractivity contribution in [3.8, 4) is 11.4 Å². The van der Waals surface area contributed by atoms with Crippen LogP contribution in [0.2, 0.25) is 5.02 Å². The lowest BCUT2D eigenvalue weighted by Gasteiger charge is -2.11. The van der Waals surface area contributed by atoms with E-state index in [2.05, 4.69) is 10.1 Å². The minimum absolute atomic E-state index is 0.112. The van der Waals surface area contributed by atoms with Gasteiger partial charge in [0.15, 0.2) is 5.69 Å². The van der Waals surface area contributed by atoms with Crippen LogP contribution in [0, 0.1) is 6.92 Å². The summed E-state index contributed by atoms with van der Waals surface area (Å²) in [5.74, 6) is -0.790. The quantitative estimate of drug-likeness (QED) is 0.415. The molecule has 0 aliphatic carbocycles. The summed E-state index contributed by atoms with van der Waals surface area (Å²) in [7, 11) is 0. The number of halogens is 4. The first kappa shape index (κ1) is 20.8. The van der Waals surface area contributed by atoms with Crippen LogP contribution in [0.1, 0.15) is 27.4 Å². The van der Waals surface area contributed by atoms with Gasteiger partial charge in [-0.25, -0.2) is 9.48 Å². The number of hydrogen-bond acceptors (Lipinski definition) is 3. The third-order valence-corrected chi connectivity index (χ3v) is 5.03. The Morgan fingerprint density at radius 3 is 2.65 bits per heavy atom. The maximum absolute atomic E-state index is 13.2. The minimum atomic E-state index is -4.64. The highest BCUT2D eigenvalue weighted by Gasteiger charge is 2.35. The predicted octanol–water partition coefficient (Wildman–Crippen LogP) is 5.61. The number of nitrogens with zero attached hydrogens (tertiary/aromatic N) is 2. The molecule has 0 saturated heterocycles. The van der Waals surface area contributed by atoms with Gasteiger partial charge in [0.2, 0.25) is 0 Å². The highest BCUT2D eigenvalue weighted by molar-refractivity contribution is 6.32. The number of fused-ring (bicyclic) bond motifs is 1. The highest BCUT2D eigenvalue weighted by Crippen LogP contribution is 2.32. The van der Waals surface area contributed by atoms with Crippen LogP contribution in [0.3, 0.4) is 0 Å². The Bertz CT molecular complexity index is 1290. The Balaban J connectivity index is 1.70. The largest absolute Gasteiger partial charge is 0.487 e. The molecule has 2 N–H and O–H groups in total. The second-order valence-electron chi connectivity index (χ2n) is 6.81. The molecule has 2 aromatic carbocycles. The standard InChI is InChI=1S/C21H15ClF3N3O3/c1-11-19(20(29)30)14-9-13(6-7-16(14)26-11)31-10-12-8-18(21(23,24)25)27-28(12)17-5-3-2-4-15(17)22/h2-9,26H,10H2,1H3,(H,29,30). The monoisotopic (exact) mass is 449 g/mol. The predicted molar refractivity (Wildman–Crippen MR) is 108 cm³/mol. The summed E-state index contributed by atoms with van der Waals surface area (Å²) < 4.78 is 46.5. The number of carboxylic acid groups (broad SMARTS) is 1. The van der Waals surface area contributed by atoms with E-state index in [-0.39, 0.29) is 28.6 Å². The summed E-state index contributed by atoms with van der Waals surface area (Å²) in [5, 5.41) is 13.8. The summed E-state index contributed by atoms with van der Waals surface area (Å²) in [6, 6.07) is 12.1. The Morgan fingerprint density at radius 1 is 1.23 bits per heavy atom. The average Bonchev–Trinajstić information content (AvgIpc) is 3.26. The fourth-order valence-electron chi connectivity index (χ4n) is 3.32. The number of carboxylic acids is 1. The zero-order chi connectivity index (χ0) is 22.3. The molecule has 0 saturated carbocycles. The van der Waals surface area contributed by atoms with Crippen molar-refractivity contribution < 1.29 is 27.8 Å². The second kappa shape index (κ2) is 7.66. The van der Waals surface area contributed by atoms with Crippen molar-refractivity contribution in [1.29, 1.82) is 0 Å². The number of para-hydroxylation sites is 1. The van der Waals surface area contributed by atoms with Gasteiger partial charge < -0.3 is 14.8 Å². The first-order valence-corrected chi connectivity index (χ1v) is 9.42. The van der Waals surface area contributed by atoms with Crippen molar-refractivity contribution >= 4 is 28.5 Å². The molecule has 0 fully saturated rings. The van der Waals surface area contributed by atoms with Crippen molar-refractivity contribution in [3.05, 3.63) is 76.2 Å². The number of hydrogen-bond donors (Lipinski definition) is 2. The number of aromatic nitrogens is 3. The van der Waals surface area contributed by atoms with Gasteiger partial charge in [0.05, 0.1) is 22.0 Å². The molecule has 160 valence electrons. The van der Waals surface area contributed by atoms with Gasteiger partial charge in [0.25, 0.3) is 0 Å². The van der Waals surface area contributed by atoms with Gasteiger partial charge in [-0.3, -0.25) is 0 Å². The Labute approximate surface area is 178 Å². The van der Waals surface area contributed by atoms with E-state index in [4.69, 9.17) is 16.3 Å². The molecule has 2 heterocycles. The first-order valence-electron chi connectivity index (χ1n) is 9.04. The zero-order valence-electron chi connectivity index (χ0n) is 16.0. The number of carbonyl (C=O) groups is 1.